The van der Waals surface area contributed by atoms with Crippen LogP contribution in [0, 0.1) is 0 Å². The van der Waals surface area contributed by atoms with Crippen molar-refractivity contribution >= 4 is 17.0 Å². The van der Waals surface area contributed by atoms with E-state index in [1.165, 1.54) is 38.4 Å². The number of rotatable bonds is 5. The van der Waals surface area contributed by atoms with Gasteiger partial charge in [-0.1, -0.05) is 38.7 Å². The van der Waals surface area contributed by atoms with E-state index in [0.29, 0.717) is 0 Å². The van der Waals surface area contributed by atoms with Crippen LogP contribution in [-0.2, 0) is 0 Å². The maximum absolute atomic E-state index is 2.81. The summed E-state index contributed by atoms with van der Waals surface area (Å²) < 4.78 is 2.81. The van der Waals surface area contributed by atoms with Crippen LogP contribution in [0.3, 0.4) is 0 Å². The van der Waals surface area contributed by atoms with Crippen molar-refractivity contribution in [3.8, 4) is 0 Å². The fraction of sp³-hybridized carbons (Fsp3) is 1.00. The Hall–Kier alpha value is 0.394. The van der Waals surface area contributed by atoms with E-state index in [4.69, 9.17) is 0 Å². The van der Waals surface area contributed by atoms with Crippen molar-refractivity contribution in [3.05, 3.63) is 0 Å². The molecule has 1 saturated heterocycles. The van der Waals surface area contributed by atoms with Crippen molar-refractivity contribution < 1.29 is 0 Å². The molecular weight excluding hydrogens is 202 g/mol. The van der Waals surface area contributed by atoms with Crippen molar-refractivity contribution in [2.45, 2.75) is 57.5 Å². The van der Waals surface area contributed by atoms with E-state index in [1.807, 2.05) is 0 Å². The lowest BCUT2D eigenvalue weighted by Crippen LogP contribution is -2.34. The smallest absolute Gasteiger partial charge is 0.108 e. The monoisotopic (exact) mass is 229 g/mol. The molecule has 14 heavy (non-hydrogen) atoms. The van der Waals surface area contributed by atoms with Gasteiger partial charge >= 0.3 is 0 Å². The molecule has 1 fully saturated rings. The van der Waals surface area contributed by atoms with Crippen LogP contribution in [0.1, 0.15) is 19.3 Å². The van der Waals surface area contributed by atoms with Crippen molar-refractivity contribution in [3.63, 3.8) is 0 Å². The van der Waals surface area contributed by atoms with Crippen LogP contribution in [0.2, 0.25) is 38.3 Å². The van der Waals surface area contributed by atoms with Gasteiger partial charge in [-0.25, -0.2) is 0 Å². The van der Waals surface area contributed by atoms with Gasteiger partial charge in [-0.2, -0.15) is 0 Å². The zero-order chi connectivity index (χ0) is 10.6. The second kappa shape index (κ2) is 5.47. The number of hydrogen-bond donors (Lipinski definition) is 0. The Kier molecular flexibility index (Phi) is 4.87. The van der Waals surface area contributed by atoms with Gasteiger partial charge in [0.05, 0.1) is 0 Å². The predicted octanol–water partition coefficient (Wildman–Crippen LogP) is 3.16. The van der Waals surface area contributed by atoms with Gasteiger partial charge in [0, 0.05) is 8.07 Å². The topological polar surface area (TPSA) is 3.24 Å². The zero-order valence-electron chi connectivity index (χ0n) is 10.5. The first-order valence-corrected chi connectivity index (χ1v) is 12.4. The molecule has 1 rings (SSSR count). The first-order valence-electron chi connectivity index (χ1n) is 6.23. The summed E-state index contributed by atoms with van der Waals surface area (Å²) in [5.41, 5.74) is 0. The lowest BCUT2D eigenvalue weighted by Gasteiger charge is -2.23. The maximum Gasteiger partial charge on any atom is 0.108 e. The minimum Gasteiger partial charge on any atom is -0.326 e. The van der Waals surface area contributed by atoms with E-state index in [1.54, 1.807) is 6.04 Å². The van der Waals surface area contributed by atoms with Gasteiger partial charge in [-0.15, -0.1) is 0 Å². The highest BCUT2D eigenvalue weighted by molar-refractivity contribution is 6.76. The molecular formula is C11H27NSi2. The molecule has 1 nitrogen and oxygen atoms in total. The Morgan fingerprint density at radius 2 is 1.71 bits per heavy atom. The Bertz CT molecular complexity index is 159. The van der Waals surface area contributed by atoms with Crippen LogP contribution in [0.25, 0.3) is 0 Å². The molecule has 0 radical (unpaired) electrons. The Morgan fingerprint density at radius 3 is 2.21 bits per heavy atom. The van der Waals surface area contributed by atoms with Crippen molar-refractivity contribution in [1.29, 1.82) is 0 Å². The standard InChI is InChI=1S/C11H27NSi2/c1-13(12-8-5-6-9-12)10-7-11-14(2,3)4/h13H,5-11H2,1-4H3. The maximum atomic E-state index is 2.81. The second-order valence-corrected chi connectivity index (χ2v) is 14.7. The molecule has 1 aliphatic heterocycles. The molecule has 0 amide bonds. The summed E-state index contributed by atoms with van der Waals surface area (Å²) in [6.07, 6.45) is 4.44. The summed E-state index contributed by atoms with van der Waals surface area (Å²) in [6.45, 7) is 12.9. The first-order chi connectivity index (χ1) is 6.49. The molecule has 0 aliphatic carbocycles. The largest absolute Gasteiger partial charge is 0.326 e. The molecule has 1 aliphatic rings. The quantitative estimate of drug-likeness (QED) is 0.655. The zero-order valence-corrected chi connectivity index (χ0v) is 12.6. The normalized spacial score (nSPS) is 21.4. The Morgan fingerprint density at radius 1 is 1.14 bits per heavy atom. The minimum atomic E-state index is -0.760. The highest BCUT2D eigenvalue weighted by Crippen LogP contribution is 2.18. The summed E-state index contributed by atoms with van der Waals surface area (Å²) in [4.78, 5) is 0. The fourth-order valence-corrected chi connectivity index (χ4v) is 6.37. The van der Waals surface area contributed by atoms with E-state index in [9.17, 15) is 0 Å². The lowest BCUT2D eigenvalue weighted by atomic mass is 10.4. The summed E-state index contributed by atoms with van der Waals surface area (Å²) >= 11 is 0. The third kappa shape index (κ3) is 4.76. The molecule has 3 heteroatoms. The summed E-state index contributed by atoms with van der Waals surface area (Å²) in [7, 11) is -1.25. The average molecular weight is 230 g/mol. The van der Waals surface area contributed by atoms with Crippen molar-refractivity contribution in [2.75, 3.05) is 13.1 Å². The van der Waals surface area contributed by atoms with Crippen LogP contribution < -0.4 is 0 Å². The molecule has 0 aromatic rings. The van der Waals surface area contributed by atoms with Gasteiger partial charge in [0.25, 0.3) is 0 Å². The van der Waals surface area contributed by atoms with Gasteiger partial charge in [0.1, 0.15) is 8.96 Å². The lowest BCUT2D eigenvalue weighted by molar-refractivity contribution is 0.533. The summed E-state index contributed by atoms with van der Waals surface area (Å²) in [5, 5.41) is 0. The molecule has 84 valence electrons. The van der Waals surface area contributed by atoms with Crippen LogP contribution in [0.5, 0.6) is 0 Å². The van der Waals surface area contributed by atoms with Gasteiger partial charge < -0.3 is 4.57 Å². The fourth-order valence-electron chi connectivity index (χ4n) is 2.29. The molecule has 0 aromatic heterocycles. The molecule has 0 bridgehead atoms. The van der Waals surface area contributed by atoms with Crippen LogP contribution in [0.4, 0.5) is 0 Å². The minimum absolute atomic E-state index is 0.489. The van der Waals surface area contributed by atoms with Crippen LogP contribution >= 0.6 is 0 Å². The van der Waals surface area contributed by atoms with E-state index in [2.05, 4.69) is 30.8 Å². The molecule has 0 saturated carbocycles. The molecule has 1 unspecified atom stereocenters. The average Bonchev–Trinajstić information content (AvgIpc) is 2.53. The van der Waals surface area contributed by atoms with Crippen LogP contribution in [0.15, 0.2) is 0 Å². The summed E-state index contributed by atoms with van der Waals surface area (Å²) in [5.74, 6) is 0. The number of nitrogens with zero attached hydrogens (tertiary/aromatic N) is 1. The van der Waals surface area contributed by atoms with Gasteiger partial charge in [-0.05, 0) is 32.0 Å². The molecule has 1 heterocycles. The summed E-state index contributed by atoms with van der Waals surface area (Å²) in [6, 6.07) is 3.10. The van der Waals surface area contributed by atoms with Crippen LogP contribution in [-0.4, -0.2) is 34.7 Å². The van der Waals surface area contributed by atoms with Crippen molar-refractivity contribution in [2.24, 2.45) is 0 Å². The third-order valence-corrected chi connectivity index (χ3v) is 8.17. The third-order valence-electron chi connectivity index (χ3n) is 3.31. The highest BCUT2D eigenvalue weighted by Gasteiger charge is 2.20. The first kappa shape index (κ1) is 12.5. The molecule has 0 N–H and O–H groups in total. The highest BCUT2D eigenvalue weighted by atomic mass is 28.3. The van der Waals surface area contributed by atoms with E-state index >= 15 is 0 Å². The SMILES string of the molecule is C[SiH](CCC[Si](C)(C)C)N1CCCC1. The van der Waals surface area contributed by atoms with E-state index in [-0.39, 0.29) is 0 Å². The van der Waals surface area contributed by atoms with Gasteiger partial charge in [0.15, 0.2) is 0 Å². The van der Waals surface area contributed by atoms with Gasteiger partial charge in [0.2, 0.25) is 0 Å². The second-order valence-electron chi connectivity index (χ2n) is 6.04. The molecule has 1 atom stereocenters. The number of hydrogen-bond acceptors (Lipinski definition) is 1. The predicted molar refractivity (Wildman–Crippen MR) is 71.4 cm³/mol. The van der Waals surface area contributed by atoms with Crippen molar-refractivity contribution in [1.82, 2.24) is 4.57 Å². The Balaban J connectivity index is 2.11. The van der Waals surface area contributed by atoms with E-state index in [0.717, 1.165) is 0 Å². The van der Waals surface area contributed by atoms with Gasteiger partial charge in [-0.3, -0.25) is 0 Å². The van der Waals surface area contributed by atoms with E-state index < -0.39 is 17.0 Å². The molecule has 0 spiro atoms. The Labute approximate surface area is 92.6 Å². The molecule has 0 aromatic carbocycles.